The lowest BCUT2D eigenvalue weighted by molar-refractivity contribution is 0.243. The zero-order valence-electron chi connectivity index (χ0n) is 15.4. The van der Waals surface area contributed by atoms with Crippen molar-refractivity contribution in [3.8, 4) is 11.5 Å². The first-order valence-electron chi connectivity index (χ1n) is 8.68. The summed E-state index contributed by atoms with van der Waals surface area (Å²) in [6.07, 6.45) is 0.882. The van der Waals surface area contributed by atoms with Crippen molar-refractivity contribution in [2.45, 2.75) is 12.5 Å². The molecule has 1 atom stereocenters. The first-order valence-corrected chi connectivity index (χ1v) is 8.68. The number of anilines is 1. The topological polar surface area (TPSA) is 62.8 Å². The molecule has 3 rings (SSSR count). The Kier molecular flexibility index (Phi) is 5.63. The normalized spacial score (nSPS) is 13.7. The number of fused-ring (bicyclic) bond motifs is 1. The fourth-order valence-electron chi connectivity index (χ4n) is 3.05. The maximum absolute atomic E-state index is 12.3. The van der Waals surface area contributed by atoms with E-state index in [9.17, 15) is 4.79 Å². The highest BCUT2D eigenvalue weighted by Gasteiger charge is 2.16. The first-order chi connectivity index (χ1) is 12.6. The lowest BCUT2D eigenvalue weighted by Crippen LogP contribution is -2.36. The fraction of sp³-hybridized carbons (Fsp3) is 0.350. The Bertz CT molecular complexity index is 759. The second-order valence-corrected chi connectivity index (χ2v) is 6.51. The average Bonchev–Trinajstić information content (AvgIpc) is 3.10. The minimum atomic E-state index is -0.218. The summed E-state index contributed by atoms with van der Waals surface area (Å²) in [6, 6.07) is 13.5. The van der Waals surface area contributed by atoms with Crippen LogP contribution < -0.4 is 20.1 Å². The Hall–Kier alpha value is -2.73. The van der Waals surface area contributed by atoms with Crippen molar-refractivity contribution in [3.63, 3.8) is 0 Å². The number of urea groups is 1. The number of amides is 2. The molecule has 2 N–H and O–H groups in total. The number of rotatable bonds is 6. The molecule has 0 bridgehead atoms. The van der Waals surface area contributed by atoms with Gasteiger partial charge in [0.2, 0.25) is 0 Å². The van der Waals surface area contributed by atoms with Crippen LogP contribution in [0, 0.1) is 0 Å². The van der Waals surface area contributed by atoms with Crippen LogP contribution in [-0.2, 0) is 6.42 Å². The van der Waals surface area contributed by atoms with E-state index in [0.717, 1.165) is 34.7 Å². The zero-order valence-corrected chi connectivity index (χ0v) is 15.4. The number of nitrogens with one attached hydrogen (secondary N) is 2. The predicted molar refractivity (Wildman–Crippen MR) is 102 cm³/mol. The molecule has 2 aromatic rings. The molecule has 0 saturated heterocycles. The van der Waals surface area contributed by atoms with Gasteiger partial charge in [-0.15, -0.1) is 0 Å². The zero-order chi connectivity index (χ0) is 18.5. The monoisotopic (exact) mass is 355 g/mol. The largest absolute Gasteiger partial charge is 0.497 e. The first kappa shape index (κ1) is 18.1. The Labute approximate surface area is 154 Å². The lowest BCUT2D eigenvalue weighted by Gasteiger charge is -2.25. The van der Waals surface area contributed by atoms with Gasteiger partial charge in [-0.1, -0.05) is 12.1 Å². The lowest BCUT2D eigenvalue weighted by atomic mass is 10.1. The molecule has 0 spiro atoms. The number of carbonyl (C=O) groups excluding carboxylic acids is 1. The third-order valence-electron chi connectivity index (χ3n) is 4.53. The molecular weight excluding hydrogens is 330 g/mol. The van der Waals surface area contributed by atoms with Gasteiger partial charge >= 0.3 is 6.03 Å². The predicted octanol–water partition coefficient (Wildman–Crippen LogP) is 3.05. The maximum Gasteiger partial charge on any atom is 0.319 e. The second-order valence-electron chi connectivity index (χ2n) is 6.51. The molecule has 0 saturated carbocycles. The van der Waals surface area contributed by atoms with Crippen LogP contribution in [0.2, 0.25) is 0 Å². The molecule has 2 aromatic carbocycles. The Morgan fingerprint density at radius 2 is 2.00 bits per heavy atom. The summed E-state index contributed by atoms with van der Waals surface area (Å²) < 4.78 is 10.7. The average molecular weight is 355 g/mol. The highest BCUT2D eigenvalue weighted by molar-refractivity contribution is 5.89. The van der Waals surface area contributed by atoms with Crippen molar-refractivity contribution in [2.75, 3.05) is 39.7 Å². The number of hydrogen-bond donors (Lipinski definition) is 2. The van der Waals surface area contributed by atoms with E-state index in [2.05, 4.69) is 15.5 Å². The van der Waals surface area contributed by atoms with E-state index in [1.807, 2.05) is 56.6 Å². The van der Waals surface area contributed by atoms with E-state index >= 15 is 0 Å². The molecular formula is C20H25N3O3. The van der Waals surface area contributed by atoms with Gasteiger partial charge in [-0.25, -0.2) is 4.79 Å². The minimum Gasteiger partial charge on any atom is -0.497 e. The summed E-state index contributed by atoms with van der Waals surface area (Å²) in [5.41, 5.74) is 3.02. The van der Waals surface area contributed by atoms with E-state index in [4.69, 9.17) is 9.47 Å². The summed E-state index contributed by atoms with van der Waals surface area (Å²) in [5, 5.41) is 5.84. The van der Waals surface area contributed by atoms with Gasteiger partial charge in [0.15, 0.2) is 0 Å². The van der Waals surface area contributed by atoms with Gasteiger partial charge in [-0.05, 0) is 55.6 Å². The van der Waals surface area contributed by atoms with Gasteiger partial charge in [0.05, 0.1) is 19.8 Å². The third-order valence-corrected chi connectivity index (χ3v) is 4.53. The summed E-state index contributed by atoms with van der Waals surface area (Å²) in [7, 11) is 5.64. The molecule has 1 unspecified atom stereocenters. The van der Waals surface area contributed by atoms with Crippen LogP contribution in [0.4, 0.5) is 10.5 Å². The van der Waals surface area contributed by atoms with Gasteiger partial charge in [-0.2, -0.15) is 0 Å². The fourth-order valence-corrected chi connectivity index (χ4v) is 3.05. The van der Waals surface area contributed by atoms with E-state index < -0.39 is 0 Å². The Balaban J connectivity index is 1.59. The van der Waals surface area contributed by atoms with Gasteiger partial charge in [0.1, 0.15) is 11.5 Å². The minimum absolute atomic E-state index is 0.0695. The van der Waals surface area contributed by atoms with Gasteiger partial charge in [0, 0.05) is 18.7 Å². The molecule has 1 aliphatic heterocycles. The summed E-state index contributed by atoms with van der Waals surface area (Å²) >= 11 is 0. The molecule has 0 aromatic heterocycles. The van der Waals surface area contributed by atoms with E-state index in [-0.39, 0.29) is 12.1 Å². The smallest absolute Gasteiger partial charge is 0.319 e. The van der Waals surface area contributed by atoms with Crippen LogP contribution in [0.25, 0.3) is 0 Å². The quantitative estimate of drug-likeness (QED) is 0.836. The summed E-state index contributed by atoms with van der Waals surface area (Å²) in [6.45, 7) is 1.20. The van der Waals surface area contributed by atoms with Crippen molar-refractivity contribution < 1.29 is 14.3 Å². The van der Waals surface area contributed by atoms with Gasteiger partial charge in [-0.3, -0.25) is 0 Å². The number of ether oxygens (including phenoxy) is 2. The Morgan fingerprint density at radius 3 is 2.69 bits per heavy atom. The summed E-state index contributed by atoms with van der Waals surface area (Å²) in [5.74, 6) is 1.72. The standard InChI is InChI=1S/C20H25N3O3/c1-23(2)18(14-4-7-17(25-3)8-5-14)13-21-20(24)22-16-6-9-19-15(12-16)10-11-26-19/h4-9,12,18H,10-11,13H2,1-3H3,(H2,21,22,24). The molecule has 6 nitrogen and oxygen atoms in total. The van der Waals surface area contributed by atoms with E-state index in [1.165, 1.54) is 0 Å². The van der Waals surface area contributed by atoms with Gasteiger partial charge < -0.3 is 25.0 Å². The number of likely N-dealkylation sites (N-methyl/N-ethyl adjacent to an activating group) is 1. The molecule has 2 amide bonds. The van der Waals surface area contributed by atoms with Crippen molar-refractivity contribution in [1.29, 1.82) is 0 Å². The number of nitrogens with zero attached hydrogens (tertiary/aromatic N) is 1. The van der Waals surface area contributed by atoms with Crippen LogP contribution in [0.15, 0.2) is 42.5 Å². The van der Waals surface area contributed by atoms with Crippen LogP contribution in [-0.4, -0.2) is 45.3 Å². The van der Waals surface area contributed by atoms with Crippen molar-refractivity contribution in [1.82, 2.24) is 10.2 Å². The molecule has 1 aliphatic rings. The highest BCUT2D eigenvalue weighted by Crippen LogP contribution is 2.27. The van der Waals surface area contributed by atoms with Gasteiger partial charge in [0.25, 0.3) is 0 Å². The summed E-state index contributed by atoms with van der Waals surface area (Å²) in [4.78, 5) is 14.4. The molecule has 6 heteroatoms. The van der Waals surface area contributed by atoms with Crippen LogP contribution in [0.5, 0.6) is 11.5 Å². The third kappa shape index (κ3) is 4.26. The molecule has 0 aliphatic carbocycles. The molecule has 26 heavy (non-hydrogen) atoms. The number of carbonyl (C=O) groups is 1. The SMILES string of the molecule is COc1ccc(C(CNC(=O)Nc2ccc3c(c2)CCO3)N(C)C)cc1. The van der Waals surface area contributed by atoms with E-state index in [0.29, 0.717) is 13.2 Å². The van der Waals surface area contributed by atoms with E-state index in [1.54, 1.807) is 7.11 Å². The van der Waals surface area contributed by atoms with Crippen molar-refractivity contribution in [3.05, 3.63) is 53.6 Å². The molecule has 1 heterocycles. The molecule has 0 fully saturated rings. The molecule has 0 radical (unpaired) electrons. The van der Waals surface area contributed by atoms with Crippen LogP contribution in [0.3, 0.4) is 0 Å². The maximum atomic E-state index is 12.3. The van der Waals surface area contributed by atoms with Crippen LogP contribution in [0.1, 0.15) is 17.2 Å². The molecule has 138 valence electrons. The number of methoxy groups -OCH3 is 1. The highest BCUT2D eigenvalue weighted by atomic mass is 16.5. The van der Waals surface area contributed by atoms with Crippen LogP contribution >= 0.6 is 0 Å². The second kappa shape index (κ2) is 8.10. The van der Waals surface area contributed by atoms with Crippen molar-refractivity contribution in [2.24, 2.45) is 0 Å². The number of benzene rings is 2. The number of hydrogen-bond acceptors (Lipinski definition) is 4. The Morgan fingerprint density at radius 1 is 1.23 bits per heavy atom. The van der Waals surface area contributed by atoms with Crippen molar-refractivity contribution >= 4 is 11.7 Å².